The fourth-order valence-electron chi connectivity index (χ4n) is 2.53. The van der Waals surface area contributed by atoms with Gasteiger partial charge in [0, 0.05) is 19.3 Å². The summed E-state index contributed by atoms with van der Waals surface area (Å²) in [5.74, 6) is 0. The summed E-state index contributed by atoms with van der Waals surface area (Å²) in [6, 6.07) is 2.28. The van der Waals surface area contributed by atoms with Crippen LogP contribution in [0.1, 0.15) is 26.3 Å². The number of ether oxygens (including phenoxy) is 1. The molecule has 2 aliphatic rings. The number of aromatic nitrogens is 1. The second kappa shape index (κ2) is 3.45. The third kappa shape index (κ3) is 1.82. The van der Waals surface area contributed by atoms with Crippen LogP contribution in [0.5, 0.6) is 0 Å². The molecular formula is C14H20N2O. The summed E-state index contributed by atoms with van der Waals surface area (Å²) >= 11 is 0. The number of anilines is 1. The van der Waals surface area contributed by atoms with Gasteiger partial charge in [-0.05, 0) is 17.0 Å². The summed E-state index contributed by atoms with van der Waals surface area (Å²) in [4.78, 5) is 6.78. The van der Waals surface area contributed by atoms with Crippen molar-refractivity contribution in [3.8, 4) is 0 Å². The van der Waals surface area contributed by atoms with Crippen molar-refractivity contribution in [2.24, 2.45) is 5.41 Å². The Morgan fingerprint density at radius 2 is 1.94 bits per heavy atom. The standard InChI is InChI=1S/C14H20N2O/c1-13(2,3)11-4-12(6-15-5-11)16-7-14(8-16)9-17-10-14/h4-6H,7-10H2,1-3H3. The third-order valence-corrected chi connectivity index (χ3v) is 3.82. The van der Waals surface area contributed by atoms with E-state index in [4.69, 9.17) is 4.74 Å². The number of hydrogen-bond acceptors (Lipinski definition) is 3. The number of pyridine rings is 1. The summed E-state index contributed by atoms with van der Waals surface area (Å²) in [7, 11) is 0. The quantitative estimate of drug-likeness (QED) is 0.742. The number of nitrogens with zero attached hydrogens (tertiary/aromatic N) is 2. The Hall–Kier alpha value is -1.09. The molecule has 1 spiro atoms. The van der Waals surface area contributed by atoms with Crippen LogP contribution in [0.3, 0.4) is 0 Å². The molecule has 0 aliphatic carbocycles. The van der Waals surface area contributed by atoms with E-state index in [1.165, 1.54) is 11.3 Å². The van der Waals surface area contributed by atoms with Crippen molar-refractivity contribution in [1.29, 1.82) is 0 Å². The van der Waals surface area contributed by atoms with E-state index in [9.17, 15) is 0 Å². The Balaban J connectivity index is 1.76. The first kappa shape index (κ1) is 11.0. The van der Waals surface area contributed by atoms with Crippen molar-refractivity contribution >= 4 is 5.69 Å². The highest BCUT2D eigenvalue weighted by molar-refractivity contribution is 5.51. The molecule has 2 saturated heterocycles. The van der Waals surface area contributed by atoms with Crippen LogP contribution >= 0.6 is 0 Å². The fraction of sp³-hybridized carbons (Fsp3) is 0.643. The number of rotatable bonds is 1. The average molecular weight is 232 g/mol. The van der Waals surface area contributed by atoms with Crippen LogP contribution in [-0.2, 0) is 10.2 Å². The normalized spacial score (nSPS) is 22.2. The lowest BCUT2D eigenvalue weighted by Gasteiger charge is -2.56. The predicted octanol–water partition coefficient (Wildman–Crippen LogP) is 2.22. The van der Waals surface area contributed by atoms with Gasteiger partial charge in [0.2, 0.25) is 0 Å². The van der Waals surface area contributed by atoms with Crippen molar-refractivity contribution in [3.63, 3.8) is 0 Å². The molecule has 2 aliphatic heterocycles. The zero-order valence-electron chi connectivity index (χ0n) is 10.9. The second-order valence-corrected chi connectivity index (χ2v) is 6.53. The lowest BCUT2D eigenvalue weighted by Crippen LogP contribution is -2.66. The van der Waals surface area contributed by atoms with Gasteiger partial charge in [0.05, 0.1) is 30.5 Å². The molecule has 0 aromatic carbocycles. The van der Waals surface area contributed by atoms with Crippen LogP contribution < -0.4 is 4.90 Å². The minimum absolute atomic E-state index is 0.172. The van der Waals surface area contributed by atoms with Gasteiger partial charge in [-0.25, -0.2) is 0 Å². The van der Waals surface area contributed by atoms with E-state index in [-0.39, 0.29) is 5.41 Å². The molecule has 0 N–H and O–H groups in total. The second-order valence-electron chi connectivity index (χ2n) is 6.53. The molecule has 3 rings (SSSR count). The molecule has 2 fully saturated rings. The summed E-state index contributed by atoms with van der Waals surface area (Å²) in [5, 5.41) is 0. The molecule has 92 valence electrons. The summed E-state index contributed by atoms with van der Waals surface area (Å²) in [5.41, 5.74) is 3.21. The van der Waals surface area contributed by atoms with Gasteiger partial charge in [0.25, 0.3) is 0 Å². The van der Waals surface area contributed by atoms with Crippen LogP contribution in [0.25, 0.3) is 0 Å². The highest BCUT2D eigenvalue weighted by Crippen LogP contribution is 2.40. The lowest BCUT2D eigenvalue weighted by atomic mass is 9.77. The first-order valence-corrected chi connectivity index (χ1v) is 6.27. The molecular weight excluding hydrogens is 212 g/mol. The van der Waals surface area contributed by atoms with E-state index in [0.29, 0.717) is 5.41 Å². The Morgan fingerprint density at radius 1 is 1.24 bits per heavy atom. The Morgan fingerprint density at radius 3 is 2.47 bits per heavy atom. The Kier molecular flexibility index (Phi) is 2.24. The molecule has 0 atom stereocenters. The molecule has 1 aromatic heterocycles. The maximum Gasteiger partial charge on any atom is 0.0579 e. The van der Waals surface area contributed by atoms with Crippen LogP contribution in [0.2, 0.25) is 0 Å². The zero-order chi connectivity index (χ0) is 12.1. The largest absolute Gasteiger partial charge is 0.380 e. The zero-order valence-corrected chi connectivity index (χ0v) is 10.9. The topological polar surface area (TPSA) is 25.4 Å². The van der Waals surface area contributed by atoms with Gasteiger partial charge in [0.15, 0.2) is 0 Å². The van der Waals surface area contributed by atoms with Gasteiger partial charge in [-0.1, -0.05) is 20.8 Å². The van der Waals surface area contributed by atoms with Gasteiger partial charge in [-0.2, -0.15) is 0 Å². The van der Waals surface area contributed by atoms with Gasteiger partial charge < -0.3 is 9.64 Å². The fourth-order valence-corrected chi connectivity index (χ4v) is 2.53. The smallest absolute Gasteiger partial charge is 0.0579 e. The molecule has 0 radical (unpaired) electrons. The van der Waals surface area contributed by atoms with Crippen LogP contribution in [0.4, 0.5) is 5.69 Å². The van der Waals surface area contributed by atoms with E-state index in [0.717, 1.165) is 26.3 Å². The maximum atomic E-state index is 5.30. The molecule has 17 heavy (non-hydrogen) atoms. The average Bonchev–Trinajstić information content (AvgIpc) is 2.12. The monoisotopic (exact) mass is 232 g/mol. The molecule has 0 saturated carbocycles. The Bertz CT molecular complexity index is 424. The maximum absolute atomic E-state index is 5.30. The minimum atomic E-state index is 0.172. The molecule has 3 heteroatoms. The third-order valence-electron chi connectivity index (χ3n) is 3.82. The van der Waals surface area contributed by atoms with Gasteiger partial charge in [-0.15, -0.1) is 0 Å². The van der Waals surface area contributed by atoms with Crippen molar-refractivity contribution < 1.29 is 4.74 Å². The van der Waals surface area contributed by atoms with Crippen LogP contribution in [0, 0.1) is 5.41 Å². The predicted molar refractivity (Wildman–Crippen MR) is 68.4 cm³/mol. The highest BCUT2D eigenvalue weighted by atomic mass is 16.5. The molecule has 0 amide bonds. The van der Waals surface area contributed by atoms with Crippen molar-refractivity contribution in [1.82, 2.24) is 4.98 Å². The first-order chi connectivity index (χ1) is 7.99. The molecule has 0 bridgehead atoms. The van der Waals surface area contributed by atoms with Crippen molar-refractivity contribution in [2.45, 2.75) is 26.2 Å². The lowest BCUT2D eigenvalue weighted by molar-refractivity contribution is -0.127. The van der Waals surface area contributed by atoms with E-state index >= 15 is 0 Å². The van der Waals surface area contributed by atoms with E-state index < -0.39 is 0 Å². The summed E-state index contributed by atoms with van der Waals surface area (Å²) < 4.78 is 5.30. The van der Waals surface area contributed by atoms with Crippen LogP contribution in [0.15, 0.2) is 18.5 Å². The van der Waals surface area contributed by atoms with Gasteiger partial charge in [0.1, 0.15) is 0 Å². The van der Waals surface area contributed by atoms with Crippen LogP contribution in [-0.4, -0.2) is 31.3 Å². The van der Waals surface area contributed by atoms with Gasteiger partial charge >= 0.3 is 0 Å². The molecule has 3 heterocycles. The highest BCUT2D eigenvalue weighted by Gasteiger charge is 2.49. The van der Waals surface area contributed by atoms with E-state index in [1.54, 1.807) is 0 Å². The van der Waals surface area contributed by atoms with Crippen molar-refractivity contribution in [2.75, 3.05) is 31.2 Å². The molecule has 1 aromatic rings. The molecule has 3 nitrogen and oxygen atoms in total. The minimum Gasteiger partial charge on any atom is -0.380 e. The Labute approximate surface area is 103 Å². The molecule has 0 unspecified atom stereocenters. The SMILES string of the molecule is CC(C)(C)c1cncc(N2CC3(COC3)C2)c1. The summed E-state index contributed by atoms with van der Waals surface area (Å²) in [6.07, 6.45) is 3.95. The van der Waals surface area contributed by atoms with E-state index in [1.807, 2.05) is 12.4 Å². The van der Waals surface area contributed by atoms with E-state index in [2.05, 4.69) is 36.7 Å². The van der Waals surface area contributed by atoms with Gasteiger partial charge in [-0.3, -0.25) is 4.98 Å². The first-order valence-electron chi connectivity index (χ1n) is 6.27. The summed E-state index contributed by atoms with van der Waals surface area (Å²) in [6.45, 7) is 10.8. The number of hydrogen-bond donors (Lipinski definition) is 0. The van der Waals surface area contributed by atoms with Crippen molar-refractivity contribution in [3.05, 3.63) is 24.0 Å².